The van der Waals surface area contributed by atoms with Crippen LogP contribution in [0.2, 0.25) is 0 Å². The number of pyridine rings is 1. The van der Waals surface area contributed by atoms with E-state index in [2.05, 4.69) is 27.4 Å². The van der Waals surface area contributed by atoms with Crippen molar-refractivity contribution in [3.63, 3.8) is 0 Å². The topological polar surface area (TPSA) is 113 Å². The fourth-order valence-electron chi connectivity index (χ4n) is 3.16. The number of nitrogens with zero attached hydrogens (tertiary/aromatic N) is 5. The van der Waals surface area contributed by atoms with Crippen LogP contribution in [0.5, 0.6) is 0 Å². The fraction of sp³-hybridized carbons (Fsp3) is 0.286. The van der Waals surface area contributed by atoms with Gasteiger partial charge in [0, 0.05) is 42.8 Å². The van der Waals surface area contributed by atoms with E-state index >= 15 is 0 Å². The lowest BCUT2D eigenvalue weighted by atomic mass is 10.1. The Labute approximate surface area is 183 Å². The SMILES string of the molecule is C[C@H](Sc1nncn1C)c1cccc(NC(=O)c2cc(C(=O)N3CC(O)C3)ccn2)c1. The van der Waals surface area contributed by atoms with Gasteiger partial charge >= 0.3 is 0 Å². The maximum Gasteiger partial charge on any atom is 0.274 e. The lowest BCUT2D eigenvalue weighted by Gasteiger charge is -2.35. The van der Waals surface area contributed by atoms with Crippen molar-refractivity contribution < 1.29 is 14.7 Å². The van der Waals surface area contributed by atoms with Gasteiger partial charge in [-0.1, -0.05) is 23.9 Å². The van der Waals surface area contributed by atoms with Crippen LogP contribution in [0.15, 0.2) is 54.1 Å². The molecule has 3 aromatic rings. The number of β-amino-alcohol motifs (C(OH)–C–C–N with tert-alkyl or cyclic N) is 1. The van der Waals surface area contributed by atoms with E-state index in [4.69, 9.17) is 0 Å². The normalized spacial score (nSPS) is 14.7. The number of hydrogen-bond donors (Lipinski definition) is 2. The van der Waals surface area contributed by atoms with Crippen LogP contribution in [0.3, 0.4) is 0 Å². The van der Waals surface area contributed by atoms with E-state index in [-0.39, 0.29) is 16.9 Å². The minimum absolute atomic E-state index is 0.103. The highest BCUT2D eigenvalue weighted by molar-refractivity contribution is 7.99. The molecule has 1 fully saturated rings. The summed E-state index contributed by atoms with van der Waals surface area (Å²) in [6, 6.07) is 10.6. The summed E-state index contributed by atoms with van der Waals surface area (Å²) in [5.74, 6) is -0.623. The molecule has 10 heteroatoms. The molecule has 3 heterocycles. The molecule has 31 heavy (non-hydrogen) atoms. The largest absolute Gasteiger partial charge is 0.389 e. The van der Waals surface area contributed by atoms with Crippen LogP contribution in [0.1, 0.15) is 38.6 Å². The van der Waals surface area contributed by atoms with Crippen LogP contribution < -0.4 is 5.32 Å². The number of thioether (sulfide) groups is 1. The Morgan fingerprint density at radius 1 is 1.26 bits per heavy atom. The molecule has 9 nitrogen and oxygen atoms in total. The van der Waals surface area contributed by atoms with Crippen molar-refractivity contribution in [2.75, 3.05) is 18.4 Å². The van der Waals surface area contributed by atoms with Crippen LogP contribution in [0.4, 0.5) is 5.69 Å². The molecule has 0 spiro atoms. The standard InChI is InChI=1S/C21H22N6O3S/c1-13(31-21-25-23-12-26(21)2)14-4-3-5-16(8-14)24-19(29)18-9-15(6-7-22-18)20(30)27-10-17(28)11-27/h3-9,12-13,17,28H,10-11H2,1-2H3,(H,24,29)/t13-/m0/s1. The zero-order chi connectivity index (χ0) is 22.0. The molecule has 2 aromatic heterocycles. The van der Waals surface area contributed by atoms with Gasteiger partial charge in [-0.05, 0) is 36.8 Å². The van der Waals surface area contributed by atoms with Gasteiger partial charge in [-0.2, -0.15) is 0 Å². The zero-order valence-corrected chi connectivity index (χ0v) is 17.9. The molecule has 0 radical (unpaired) electrons. The van der Waals surface area contributed by atoms with E-state index in [0.717, 1.165) is 10.7 Å². The zero-order valence-electron chi connectivity index (χ0n) is 17.1. The Balaban J connectivity index is 1.44. The lowest BCUT2D eigenvalue weighted by molar-refractivity contribution is 0.00588. The van der Waals surface area contributed by atoms with Gasteiger partial charge in [-0.25, -0.2) is 0 Å². The number of aliphatic hydroxyl groups excluding tert-OH is 1. The maximum absolute atomic E-state index is 12.7. The van der Waals surface area contributed by atoms with Crippen molar-refractivity contribution in [1.82, 2.24) is 24.6 Å². The third-order valence-corrected chi connectivity index (χ3v) is 6.16. The second-order valence-electron chi connectivity index (χ2n) is 7.36. The van der Waals surface area contributed by atoms with Gasteiger partial charge in [0.15, 0.2) is 5.16 Å². The third-order valence-electron chi connectivity index (χ3n) is 4.95. The fourth-order valence-corrected chi connectivity index (χ4v) is 4.07. The first-order valence-corrected chi connectivity index (χ1v) is 10.6. The lowest BCUT2D eigenvalue weighted by Crippen LogP contribution is -2.53. The van der Waals surface area contributed by atoms with Gasteiger partial charge in [0.1, 0.15) is 12.0 Å². The number of anilines is 1. The number of likely N-dealkylation sites (tertiary alicyclic amines) is 1. The molecule has 1 aliphatic heterocycles. The Bertz CT molecular complexity index is 1110. The number of carbonyl (C=O) groups excluding carboxylic acids is 2. The third kappa shape index (κ3) is 4.75. The monoisotopic (exact) mass is 438 g/mol. The van der Waals surface area contributed by atoms with Crippen molar-refractivity contribution in [3.8, 4) is 0 Å². The molecule has 0 aliphatic carbocycles. The summed E-state index contributed by atoms with van der Waals surface area (Å²) in [6.07, 6.45) is 2.62. The number of nitrogens with one attached hydrogen (secondary N) is 1. The molecular formula is C21H22N6O3S. The van der Waals surface area contributed by atoms with E-state index in [9.17, 15) is 14.7 Å². The van der Waals surface area contributed by atoms with Gasteiger partial charge in [0.2, 0.25) is 0 Å². The van der Waals surface area contributed by atoms with E-state index in [1.807, 2.05) is 29.8 Å². The van der Waals surface area contributed by atoms with E-state index in [0.29, 0.717) is 24.3 Å². The Kier molecular flexibility index (Phi) is 6.01. The van der Waals surface area contributed by atoms with Crippen LogP contribution in [-0.2, 0) is 7.05 Å². The Hall–Kier alpha value is -3.24. The van der Waals surface area contributed by atoms with Crippen LogP contribution in [0.25, 0.3) is 0 Å². The minimum Gasteiger partial charge on any atom is -0.389 e. The number of benzene rings is 1. The van der Waals surface area contributed by atoms with Crippen molar-refractivity contribution in [3.05, 3.63) is 65.7 Å². The van der Waals surface area contributed by atoms with E-state index < -0.39 is 12.0 Å². The van der Waals surface area contributed by atoms with Gasteiger partial charge in [-0.15, -0.1) is 10.2 Å². The number of rotatable bonds is 6. The van der Waals surface area contributed by atoms with Crippen molar-refractivity contribution in [1.29, 1.82) is 0 Å². The van der Waals surface area contributed by atoms with Crippen LogP contribution in [-0.4, -0.2) is 60.8 Å². The molecule has 1 saturated heterocycles. The maximum atomic E-state index is 12.7. The Morgan fingerprint density at radius 3 is 2.77 bits per heavy atom. The molecule has 0 unspecified atom stereocenters. The molecule has 1 aromatic carbocycles. The first-order valence-electron chi connectivity index (χ1n) is 9.76. The number of aromatic nitrogens is 4. The molecule has 2 amide bonds. The minimum atomic E-state index is -0.477. The summed E-state index contributed by atoms with van der Waals surface area (Å²) < 4.78 is 1.85. The van der Waals surface area contributed by atoms with Crippen molar-refractivity contribution in [2.24, 2.45) is 7.05 Å². The highest BCUT2D eigenvalue weighted by Crippen LogP contribution is 2.34. The molecular weight excluding hydrogens is 416 g/mol. The highest BCUT2D eigenvalue weighted by Gasteiger charge is 2.29. The van der Waals surface area contributed by atoms with Crippen molar-refractivity contribution in [2.45, 2.75) is 23.4 Å². The predicted octanol–water partition coefficient (Wildman–Crippen LogP) is 2.13. The summed E-state index contributed by atoms with van der Waals surface area (Å²) in [7, 11) is 1.89. The highest BCUT2D eigenvalue weighted by atomic mass is 32.2. The van der Waals surface area contributed by atoms with Crippen LogP contribution >= 0.6 is 11.8 Å². The summed E-state index contributed by atoms with van der Waals surface area (Å²) in [5, 5.41) is 21.1. The summed E-state index contributed by atoms with van der Waals surface area (Å²) in [5.41, 5.74) is 2.18. The van der Waals surface area contributed by atoms with E-state index in [1.54, 1.807) is 30.2 Å². The molecule has 160 valence electrons. The molecule has 4 rings (SSSR count). The molecule has 2 N–H and O–H groups in total. The van der Waals surface area contributed by atoms with Gasteiger partial charge in [-0.3, -0.25) is 14.6 Å². The molecule has 0 bridgehead atoms. The second-order valence-corrected chi connectivity index (χ2v) is 8.67. The Morgan fingerprint density at radius 2 is 2.06 bits per heavy atom. The summed E-state index contributed by atoms with van der Waals surface area (Å²) >= 11 is 1.57. The van der Waals surface area contributed by atoms with Crippen molar-refractivity contribution >= 4 is 29.3 Å². The number of amides is 2. The average Bonchev–Trinajstić information content (AvgIpc) is 3.15. The van der Waals surface area contributed by atoms with Gasteiger partial charge < -0.3 is 19.9 Å². The summed E-state index contributed by atoms with van der Waals surface area (Å²) in [4.78, 5) is 30.8. The number of aryl methyl sites for hydroxylation is 1. The summed E-state index contributed by atoms with van der Waals surface area (Å²) in [6.45, 7) is 2.67. The smallest absolute Gasteiger partial charge is 0.274 e. The second kappa shape index (κ2) is 8.86. The van der Waals surface area contributed by atoms with Gasteiger partial charge in [0.05, 0.1) is 6.10 Å². The van der Waals surface area contributed by atoms with Crippen LogP contribution in [0, 0.1) is 0 Å². The first-order chi connectivity index (χ1) is 14.9. The number of carbonyl (C=O) groups is 2. The van der Waals surface area contributed by atoms with Gasteiger partial charge in [0.25, 0.3) is 11.8 Å². The molecule has 0 saturated carbocycles. The number of hydrogen-bond acceptors (Lipinski definition) is 7. The average molecular weight is 439 g/mol. The first kappa shape index (κ1) is 21.0. The quantitative estimate of drug-likeness (QED) is 0.567. The predicted molar refractivity (Wildman–Crippen MR) is 116 cm³/mol. The molecule has 1 atom stereocenters. The van der Waals surface area contributed by atoms with E-state index in [1.165, 1.54) is 17.2 Å². The number of aliphatic hydroxyl groups is 1. The molecule has 1 aliphatic rings.